The lowest BCUT2D eigenvalue weighted by molar-refractivity contribution is -0.125. The molecular formula is C14H20N4OS. The van der Waals surface area contributed by atoms with E-state index >= 15 is 0 Å². The minimum atomic E-state index is 0.123. The molecule has 1 saturated heterocycles. The molecule has 5 nitrogen and oxygen atoms in total. The maximum absolute atomic E-state index is 12.2. The second-order valence-electron chi connectivity index (χ2n) is 6.27. The Morgan fingerprint density at radius 3 is 2.80 bits per heavy atom. The number of amides is 1. The summed E-state index contributed by atoms with van der Waals surface area (Å²) in [5, 5.41) is 14.0. The fourth-order valence-electron chi connectivity index (χ4n) is 2.76. The van der Waals surface area contributed by atoms with Crippen molar-refractivity contribution < 1.29 is 4.79 Å². The SMILES string of the molecule is O=C(NC1CC1)C1CCCN(c2nnc(C3CC3)s2)C1. The van der Waals surface area contributed by atoms with Crippen molar-refractivity contribution in [1.29, 1.82) is 0 Å². The van der Waals surface area contributed by atoms with Crippen molar-refractivity contribution in [2.24, 2.45) is 5.92 Å². The van der Waals surface area contributed by atoms with Crippen LogP contribution in [0.5, 0.6) is 0 Å². The van der Waals surface area contributed by atoms with Crippen molar-refractivity contribution in [1.82, 2.24) is 15.5 Å². The molecule has 2 heterocycles. The standard InChI is InChI=1S/C14H20N4OS/c19-12(15-11-5-6-11)10-2-1-7-18(8-10)14-17-16-13(20-14)9-3-4-9/h9-11H,1-8H2,(H,15,19). The average Bonchev–Trinajstić information content (AvgIpc) is 3.40. The van der Waals surface area contributed by atoms with Gasteiger partial charge in [0.25, 0.3) is 0 Å². The summed E-state index contributed by atoms with van der Waals surface area (Å²) in [5.41, 5.74) is 0. The number of aromatic nitrogens is 2. The Labute approximate surface area is 122 Å². The molecule has 1 amide bonds. The first kappa shape index (κ1) is 12.6. The quantitative estimate of drug-likeness (QED) is 0.921. The van der Waals surface area contributed by atoms with Crippen LogP contribution in [0.2, 0.25) is 0 Å². The molecular weight excluding hydrogens is 272 g/mol. The third kappa shape index (κ3) is 2.66. The third-order valence-corrected chi connectivity index (χ3v) is 5.49. The van der Waals surface area contributed by atoms with E-state index in [0.29, 0.717) is 12.0 Å². The maximum Gasteiger partial charge on any atom is 0.225 e. The summed E-state index contributed by atoms with van der Waals surface area (Å²) in [6.07, 6.45) is 6.92. The molecule has 0 bridgehead atoms. The van der Waals surface area contributed by atoms with E-state index in [1.54, 1.807) is 11.3 Å². The highest BCUT2D eigenvalue weighted by atomic mass is 32.1. The van der Waals surface area contributed by atoms with Gasteiger partial charge < -0.3 is 10.2 Å². The lowest BCUT2D eigenvalue weighted by Gasteiger charge is -2.31. The van der Waals surface area contributed by atoms with E-state index in [4.69, 9.17) is 0 Å². The minimum Gasteiger partial charge on any atom is -0.353 e. The van der Waals surface area contributed by atoms with Gasteiger partial charge in [-0.15, -0.1) is 10.2 Å². The number of carbonyl (C=O) groups is 1. The van der Waals surface area contributed by atoms with E-state index in [1.807, 2.05) is 0 Å². The number of nitrogens with zero attached hydrogens (tertiary/aromatic N) is 3. The molecule has 1 aromatic heterocycles. The number of carbonyl (C=O) groups excluding carboxylic acids is 1. The molecule has 1 aromatic rings. The molecule has 1 unspecified atom stereocenters. The van der Waals surface area contributed by atoms with E-state index in [0.717, 1.165) is 43.9 Å². The normalized spacial score (nSPS) is 26.6. The molecule has 2 saturated carbocycles. The van der Waals surface area contributed by atoms with Crippen LogP contribution >= 0.6 is 11.3 Å². The summed E-state index contributed by atoms with van der Waals surface area (Å²) in [6.45, 7) is 1.81. The lowest BCUT2D eigenvalue weighted by Crippen LogP contribution is -2.43. The van der Waals surface area contributed by atoms with E-state index in [2.05, 4.69) is 20.4 Å². The number of hydrogen-bond acceptors (Lipinski definition) is 5. The molecule has 2 aliphatic carbocycles. The van der Waals surface area contributed by atoms with Crippen molar-refractivity contribution in [2.45, 2.75) is 50.5 Å². The largest absolute Gasteiger partial charge is 0.353 e. The van der Waals surface area contributed by atoms with Gasteiger partial charge in [0.1, 0.15) is 5.01 Å². The molecule has 6 heteroatoms. The molecule has 108 valence electrons. The van der Waals surface area contributed by atoms with Crippen LogP contribution in [0.1, 0.15) is 49.5 Å². The Morgan fingerprint density at radius 1 is 1.20 bits per heavy atom. The van der Waals surface area contributed by atoms with Gasteiger partial charge in [0.2, 0.25) is 11.0 Å². The van der Waals surface area contributed by atoms with Gasteiger partial charge in [-0.1, -0.05) is 11.3 Å². The Bertz CT molecular complexity index is 509. The fourth-order valence-corrected chi connectivity index (χ4v) is 3.81. The van der Waals surface area contributed by atoms with Crippen LogP contribution in [0.15, 0.2) is 0 Å². The zero-order valence-corrected chi connectivity index (χ0v) is 12.4. The van der Waals surface area contributed by atoms with Crippen LogP contribution in [-0.4, -0.2) is 35.2 Å². The molecule has 1 N–H and O–H groups in total. The fraction of sp³-hybridized carbons (Fsp3) is 0.786. The van der Waals surface area contributed by atoms with Gasteiger partial charge in [0, 0.05) is 25.0 Å². The van der Waals surface area contributed by atoms with Crippen molar-refractivity contribution >= 4 is 22.4 Å². The van der Waals surface area contributed by atoms with Crippen LogP contribution in [0.25, 0.3) is 0 Å². The molecule has 0 spiro atoms. The predicted molar refractivity (Wildman–Crippen MR) is 78.0 cm³/mol. The molecule has 20 heavy (non-hydrogen) atoms. The van der Waals surface area contributed by atoms with E-state index in [9.17, 15) is 4.79 Å². The zero-order chi connectivity index (χ0) is 13.5. The second kappa shape index (κ2) is 4.98. The van der Waals surface area contributed by atoms with Gasteiger partial charge in [-0.25, -0.2) is 0 Å². The van der Waals surface area contributed by atoms with Crippen molar-refractivity contribution in [2.75, 3.05) is 18.0 Å². The Balaban J connectivity index is 1.40. The van der Waals surface area contributed by atoms with Crippen LogP contribution in [0, 0.1) is 5.92 Å². The highest BCUT2D eigenvalue weighted by molar-refractivity contribution is 7.15. The van der Waals surface area contributed by atoms with Gasteiger partial charge in [-0.05, 0) is 38.5 Å². The monoisotopic (exact) mass is 292 g/mol. The summed E-state index contributed by atoms with van der Waals surface area (Å²) >= 11 is 1.72. The summed E-state index contributed by atoms with van der Waals surface area (Å²) in [7, 11) is 0. The number of piperidine rings is 1. The maximum atomic E-state index is 12.2. The van der Waals surface area contributed by atoms with Crippen LogP contribution in [-0.2, 0) is 4.79 Å². The first-order chi connectivity index (χ1) is 9.79. The smallest absolute Gasteiger partial charge is 0.225 e. The van der Waals surface area contributed by atoms with Crippen molar-refractivity contribution in [3.05, 3.63) is 5.01 Å². The predicted octanol–water partition coefficient (Wildman–Crippen LogP) is 1.91. The highest BCUT2D eigenvalue weighted by Gasteiger charge is 2.32. The Kier molecular flexibility index (Phi) is 3.13. The summed E-state index contributed by atoms with van der Waals surface area (Å²) in [4.78, 5) is 14.4. The van der Waals surface area contributed by atoms with Crippen molar-refractivity contribution in [3.63, 3.8) is 0 Å². The highest BCUT2D eigenvalue weighted by Crippen LogP contribution is 2.42. The summed E-state index contributed by atoms with van der Waals surface area (Å²) < 4.78 is 0. The van der Waals surface area contributed by atoms with E-state index < -0.39 is 0 Å². The average molecular weight is 292 g/mol. The molecule has 3 aliphatic rings. The first-order valence-electron chi connectivity index (χ1n) is 7.68. The zero-order valence-electron chi connectivity index (χ0n) is 11.5. The summed E-state index contributed by atoms with van der Waals surface area (Å²) in [6, 6.07) is 0.459. The number of hydrogen-bond donors (Lipinski definition) is 1. The number of nitrogens with one attached hydrogen (secondary N) is 1. The van der Waals surface area contributed by atoms with Gasteiger partial charge in [-0.3, -0.25) is 4.79 Å². The van der Waals surface area contributed by atoms with Crippen LogP contribution in [0.3, 0.4) is 0 Å². The van der Waals surface area contributed by atoms with Crippen LogP contribution in [0.4, 0.5) is 5.13 Å². The second-order valence-corrected chi connectivity index (χ2v) is 7.25. The molecule has 1 atom stereocenters. The Hall–Kier alpha value is -1.17. The van der Waals surface area contributed by atoms with Crippen LogP contribution < -0.4 is 10.2 Å². The Morgan fingerprint density at radius 2 is 2.05 bits per heavy atom. The third-order valence-electron chi connectivity index (χ3n) is 4.34. The van der Waals surface area contributed by atoms with Gasteiger partial charge in [-0.2, -0.15) is 0 Å². The first-order valence-corrected chi connectivity index (χ1v) is 8.50. The van der Waals surface area contributed by atoms with Gasteiger partial charge >= 0.3 is 0 Å². The molecule has 1 aliphatic heterocycles. The lowest BCUT2D eigenvalue weighted by atomic mass is 9.97. The molecule has 3 fully saturated rings. The number of anilines is 1. The molecule has 0 aromatic carbocycles. The molecule has 0 radical (unpaired) electrons. The van der Waals surface area contributed by atoms with Gasteiger partial charge in [0.05, 0.1) is 5.92 Å². The number of rotatable bonds is 4. The van der Waals surface area contributed by atoms with Crippen molar-refractivity contribution in [3.8, 4) is 0 Å². The topological polar surface area (TPSA) is 58.1 Å². The van der Waals surface area contributed by atoms with E-state index in [-0.39, 0.29) is 11.8 Å². The van der Waals surface area contributed by atoms with Gasteiger partial charge in [0.15, 0.2) is 0 Å². The van der Waals surface area contributed by atoms with E-state index in [1.165, 1.54) is 17.8 Å². The summed E-state index contributed by atoms with van der Waals surface area (Å²) in [5.74, 6) is 1.03. The molecule has 4 rings (SSSR count). The minimum absolute atomic E-state index is 0.123.